The van der Waals surface area contributed by atoms with Gasteiger partial charge in [0.2, 0.25) is 0 Å². The molecule has 1 heterocycles. The Morgan fingerprint density at radius 2 is 1.95 bits per heavy atom. The number of aryl methyl sites for hydroxylation is 2. The van der Waals surface area contributed by atoms with Crippen LogP contribution < -0.4 is 5.73 Å². The van der Waals surface area contributed by atoms with Crippen molar-refractivity contribution in [2.45, 2.75) is 58.5 Å². The monoisotopic (exact) mass is 351 g/mol. The molecule has 0 saturated heterocycles. The van der Waals surface area contributed by atoms with Crippen LogP contribution in [0, 0.1) is 29.6 Å². The molecule has 3 nitrogen and oxygen atoms in total. The summed E-state index contributed by atoms with van der Waals surface area (Å²) in [6, 6.07) is 0.325. The molecular weight excluding hydrogens is 326 g/mol. The molecule has 3 saturated carbocycles. The second kappa shape index (κ2) is 5.09. The maximum atomic E-state index is 6.63. The lowest BCUT2D eigenvalue weighted by molar-refractivity contribution is 0.403. The van der Waals surface area contributed by atoms with E-state index in [4.69, 9.17) is 10.8 Å². The van der Waals surface area contributed by atoms with Crippen LogP contribution in [0.25, 0.3) is 0 Å². The molecule has 5 unspecified atom stereocenters. The fourth-order valence-corrected chi connectivity index (χ4v) is 6.26. The Morgan fingerprint density at radius 1 is 1.29 bits per heavy atom. The third-order valence-electron chi connectivity index (χ3n) is 6.41. The number of hydrogen-bond donors (Lipinski definition) is 1. The van der Waals surface area contributed by atoms with Crippen LogP contribution in [0.4, 0.5) is 0 Å². The van der Waals surface area contributed by atoms with Gasteiger partial charge in [-0.2, -0.15) is 5.10 Å². The van der Waals surface area contributed by atoms with Crippen molar-refractivity contribution < 1.29 is 0 Å². The van der Waals surface area contributed by atoms with Crippen LogP contribution in [0.15, 0.2) is 4.47 Å². The van der Waals surface area contributed by atoms with Gasteiger partial charge in [-0.3, -0.25) is 4.68 Å². The molecule has 116 valence electrons. The maximum absolute atomic E-state index is 6.63. The third-order valence-corrected chi connectivity index (χ3v) is 7.33. The molecule has 1 aromatic rings. The molecule has 3 fully saturated rings. The normalized spacial score (nSPS) is 37.8. The Morgan fingerprint density at radius 3 is 2.52 bits per heavy atom. The first kappa shape index (κ1) is 14.3. The highest BCUT2D eigenvalue weighted by Crippen LogP contribution is 2.70. The Hall–Kier alpha value is -0.350. The van der Waals surface area contributed by atoms with Gasteiger partial charge in [-0.1, -0.05) is 6.92 Å². The number of hydrogen-bond acceptors (Lipinski definition) is 2. The van der Waals surface area contributed by atoms with E-state index in [0.717, 1.165) is 49.0 Å². The minimum atomic E-state index is 0.325. The van der Waals surface area contributed by atoms with E-state index < -0.39 is 0 Å². The molecule has 1 aromatic heterocycles. The van der Waals surface area contributed by atoms with Gasteiger partial charge >= 0.3 is 0 Å². The fourth-order valence-electron chi connectivity index (χ4n) is 5.54. The van der Waals surface area contributed by atoms with Gasteiger partial charge in [0.15, 0.2) is 0 Å². The molecule has 4 heteroatoms. The highest BCUT2D eigenvalue weighted by atomic mass is 79.9. The molecule has 2 bridgehead atoms. The summed E-state index contributed by atoms with van der Waals surface area (Å²) in [5.74, 6) is 4.78. The van der Waals surface area contributed by atoms with Gasteiger partial charge in [0.1, 0.15) is 0 Å². The van der Waals surface area contributed by atoms with Crippen molar-refractivity contribution in [1.29, 1.82) is 0 Å². The van der Waals surface area contributed by atoms with E-state index in [1.807, 2.05) is 0 Å². The van der Waals surface area contributed by atoms with Crippen LogP contribution in [0.2, 0.25) is 0 Å². The topological polar surface area (TPSA) is 43.8 Å². The number of fused-ring (bicyclic) bond motifs is 5. The van der Waals surface area contributed by atoms with E-state index in [-0.39, 0.29) is 0 Å². The number of aromatic nitrogens is 2. The van der Waals surface area contributed by atoms with Crippen LogP contribution in [0.1, 0.15) is 44.5 Å². The summed E-state index contributed by atoms with van der Waals surface area (Å²) in [5, 5.41) is 4.71. The van der Waals surface area contributed by atoms with Crippen molar-refractivity contribution in [3.05, 3.63) is 15.9 Å². The highest BCUT2D eigenvalue weighted by molar-refractivity contribution is 9.10. The molecule has 3 aliphatic rings. The lowest BCUT2D eigenvalue weighted by Crippen LogP contribution is -2.29. The summed E-state index contributed by atoms with van der Waals surface area (Å²) < 4.78 is 3.35. The summed E-state index contributed by atoms with van der Waals surface area (Å²) in [7, 11) is 0. The van der Waals surface area contributed by atoms with Crippen LogP contribution in [-0.2, 0) is 19.4 Å². The van der Waals surface area contributed by atoms with E-state index in [0.29, 0.717) is 6.04 Å². The Labute approximate surface area is 135 Å². The number of rotatable bonds is 5. The quantitative estimate of drug-likeness (QED) is 0.883. The molecule has 5 atom stereocenters. The standard InChI is InChI=1S/C17H26BrN3/c1-3-12-17(18)13(21(4-2)20-12)8-11(19)16-14-9-5-6-10(7-9)15(14)16/h9-11,14-16H,3-8,19H2,1-2H3. The average Bonchev–Trinajstić information content (AvgIpc) is 2.78. The molecule has 3 aliphatic carbocycles. The SMILES string of the molecule is CCc1nn(CC)c(CC(N)C2C3C4CCC(C4)C23)c1Br. The smallest absolute Gasteiger partial charge is 0.0766 e. The van der Waals surface area contributed by atoms with E-state index in [1.54, 1.807) is 0 Å². The van der Waals surface area contributed by atoms with E-state index >= 15 is 0 Å². The van der Waals surface area contributed by atoms with Crippen LogP contribution in [0.5, 0.6) is 0 Å². The van der Waals surface area contributed by atoms with Gasteiger partial charge in [-0.25, -0.2) is 0 Å². The van der Waals surface area contributed by atoms with Gasteiger partial charge in [0, 0.05) is 19.0 Å². The number of nitrogens with two attached hydrogens (primary N) is 1. The zero-order chi connectivity index (χ0) is 14.7. The van der Waals surface area contributed by atoms with Gasteiger partial charge in [0.25, 0.3) is 0 Å². The molecule has 4 rings (SSSR count). The lowest BCUT2D eigenvalue weighted by Gasteiger charge is -2.17. The minimum absolute atomic E-state index is 0.325. The number of halogens is 1. The van der Waals surface area contributed by atoms with Crippen molar-refractivity contribution >= 4 is 15.9 Å². The van der Waals surface area contributed by atoms with Crippen LogP contribution in [0.3, 0.4) is 0 Å². The third kappa shape index (κ3) is 2.05. The van der Waals surface area contributed by atoms with Gasteiger partial charge < -0.3 is 5.73 Å². The number of nitrogens with zero attached hydrogens (tertiary/aromatic N) is 2. The van der Waals surface area contributed by atoms with Crippen molar-refractivity contribution in [2.24, 2.45) is 35.3 Å². The van der Waals surface area contributed by atoms with Crippen molar-refractivity contribution in [3.8, 4) is 0 Å². The molecule has 0 spiro atoms. The predicted molar refractivity (Wildman–Crippen MR) is 88.0 cm³/mol. The van der Waals surface area contributed by atoms with Gasteiger partial charge in [-0.15, -0.1) is 0 Å². The van der Waals surface area contributed by atoms with E-state index in [1.165, 1.54) is 35.1 Å². The first-order valence-corrected chi connectivity index (χ1v) is 9.44. The Bertz CT molecular complexity index is 536. The molecule has 0 radical (unpaired) electrons. The minimum Gasteiger partial charge on any atom is -0.327 e. The zero-order valence-electron chi connectivity index (χ0n) is 13.1. The summed E-state index contributed by atoms with van der Waals surface area (Å²) in [4.78, 5) is 0. The van der Waals surface area contributed by atoms with Crippen molar-refractivity contribution in [3.63, 3.8) is 0 Å². The molecule has 0 aromatic carbocycles. The predicted octanol–water partition coefficient (Wildman–Crippen LogP) is 3.39. The summed E-state index contributed by atoms with van der Waals surface area (Å²) in [6.45, 7) is 5.27. The second-order valence-electron chi connectivity index (χ2n) is 7.31. The lowest BCUT2D eigenvalue weighted by atomic mass is 9.95. The highest BCUT2D eigenvalue weighted by Gasteiger charge is 2.66. The maximum Gasteiger partial charge on any atom is 0.0766 e. The Kier molecular flexibility index (Phi) is 3.45. The second-order valence-corrected chi connectivity index (χ2v) is 8.10. The van der Waals surface area contributed by atoms with Crippen molar-refractivity contribution in [2.75, 3.05) is 0 Å². The summed E-state index contributed by atoms with van der Waals surface area (Å²) >= 11 is 3.76. The largest absolute Gasteiger partial charge is 0.327 e. The molecule has 21 heavy (non-hydrogen) atoms. The van der Waals surface area contributed by atoms with Gasteiger partial charge in [-0.05, 0) is 78.1 Å². The zero-order valence-corrected chi connectivity index (χ0v) is 14.6. The van der Waals surface area contributed by atoms with Crippen LogP contribution >= 0.6 is 15.9 Å². The molecule has 0 amide bonds. The first-order valence-electron chi connectivity index (χ1n) is 8.65. The van der Waals surface area contributed by atoms with Crippen LogP contribution in [-0.4, -0.2) is 15.8 Å². The Balaban J connectivity index is 1.51. The molecule has 0 aliphatic heterocycles. The summed E-state index contributed by atoms with van der Waals surface area (Å²) in [5.41, 5.74) is 9.13. The summed E-state index contributed by atoms with van der Waals surface area (Å²) in [6.07, 6.45) is 6.43. The van der Waals surface area contributed by atoms with E-state index in [9.17, 15) is 0 Å². The fraction of sp³-hybridized carbons (Fsp3) is 0.824. The average molecular weight is 352 g/mol. The molecular formula is C17H26BrN3. The molecule has 2 N–H and O–H groups in total. The van der Waals surface area contributed by atoms with E-state index in [2.05, 4.69) is 34.5 Å². The van der Waals surface area contributed by atoms with Crippen molar-refractivity contribution in [1.82, 2.24) is 9.78 Å². The first-order chi connectivity index (χ1) is 10.2. The van der Waals surface area contributed by atoms with Gasteiger partial charge in [0.05, 0.1) is 15.9 Å².